The van der Waals surface area contributed by atoms with Gasteiger partial charge in [0, 0.05) is 24.2 Å². The van der Waals surface area contributed by atoms with Crippen molar-refractivity contribution < 1.29 is 18.7 Å². The Balaban J connectivity index is 1.23. The summed E-state index contributed by atoms with van der Waals surface area (Å²) in [4.78, 5) is 36.7. The smallest absolute Gasteiger partial charge is 0.267 e. The molecule has 1 N–H and O–H groups in total. The summed E-state index contributed by atoms with van der Waals surface area (Å²) in [7, 11) is 0. The van der Waals surface area contributed by atoms with E-state index in [-0.39, 0.29) is 32.0 Å². The first-order chi connectivity index (χ1) is 16.6. The minimum atomic E-state index is -0.423. The minimum Gasteiger partial charge on any atom is -0.463 e. The zero-order chi connectivity index (χ0) is 23.5. The monoisotopic (exact) mass is 461 g/mol. The highest BCUT2D eigenvalue weighted by Gasteiger charge is 2.15. The van der Waals surface area contributed by atoms with Gasteiger partial charge in [0.05, 0.1) is 18.5 Å². The van der Waals surface area contributed by atoms with E-state index in [1.165, 1.54) is 23.1 Å². The maximum Gasteiger partial charge on any atom is 0.267 e. The molecule has 4 heterocycles. The molecular formula is C23H19N5O6. The minimum absolute atomic E-state index is 0.143. The second-order valence-corrected chi connectivity index (χ2v) is 7.39. The van der Waals surface area contributed by atoms with E-state index in [2.05, 4.69) is 15.5 Å². The Kier molecular flexibility index (Phi) is 5.65. The lowest BCUT2D eigenvalue weighted by atomic mass is 10.1. The lowest BCUT2D eigenvalue weighted by Gasteiger charge is -2.10. The molecule has 4 aromatic rings. The predicted octanol–water partition coefficient (Wildman–Crippen LogP) is 1.27. The van der Waals surface area contributed by atoms with Crippen molar-refractivity contribution in [3.05, 3.63) is 81.6 Å². The zero-order valence-corrected chi connectivity index (χ0v) is 17.8. The molecule has 1 aliphatic rings. The average molecular weight is 461 g/mol. The van der Waals surface area contributed by atoms with Crippen molar-refractivity contribution >= 4 is 5.91 Å². The van der Waals surface area contributed by atoms with Crippen LogP contribution in [0, 0.1) is 0 Å². The number of amides is 1. The fourth-order valence-electron chi connectivity index (χ4n) is 3.43. The predicted molar refractivity (Wildman–Crippen MR) is 119 cm³/mol. The van der Waals surface area contributed by atoms with Crippen LogP contribution in [-0.2, 0) is 17.9 Å². The number of ether oxygens (including phenoxy) is 2. The number of benzene rings is 1. The molecule has 0 spiro atoms. The van der Waals surface area contributed by atoms with Gasteiger partial charge in [0.1, 0.15) is 12.2 Å². The lowest BCUT2D eigenvalue weighted by Crippen LogP contribution is -2.36. The second kappa shape index (κ2) is 9.06. The third kappa shape index (κ3) is 4.44. The number of nitrogens with zero attached hydrogens (tertiary/aromatic N) is 4. The third-order valence-electron chi connectivity index (χ3n) is 5.11. The van der Waals surface area contributed by atoms with Gasteiger partial charge in [0.15, 0.2) is 17.3 Å². The number of rotatable bonds is 7. The fourth-order valence-corrected chi connectivity index (χ4v) is 3.43. The van der Waals surface area contributed by atoms with E-state index in [4.69, 9.17) is 13.9 Å². The van der Waals surface area contributed by atoms with Crippen molar-refractivity contribution in [2.75, 3.05) is 13.3 Å². The van der Waals surface area contributed by atoms with Gasteiger partial charge in [0.2, 0.25) is 12.7 Å². The van der Waals surface area contributed by atoms with Crippen LogP contribution in [-0.4, -0.2) is 38.8 Å². The summed E-state index contributed by atoms with van der Waals surface area (Å²) in [6.07, 6.45) is 1.52. The molecule has 0 bridgehead atoms. The Hall–Kier alpha value is -4.67. The number of hydrogen-bond acceptors (Lipinski definition) is 8. The fraction of sp³-hybridized carbons (Fsp3) is 0.174. The van der Waals surface area contributed by atoms with Gasteiger partial charge in [-0.1, -0.05) is 0 Å². The second-order valence-electron chi connectivity index (χ2n) is 7.39. The molecule has 11 nitrogen and oxygen atoms in total. The number of carbonyl (C=O) groups is 1. The van der Waals surface area contributed by atoms with Crippen LogP contribution in [0.25, 0.3) is 22.7 Å². The van der Waals surface area contributed by atoms with Gasteiger partial charge in [-0.3, -0.25) is 14.4 Å². The van der Waals surface area contributed by atoms with E-state index in [0.29, 0.717) is 28.6 Å². The van der Waals surface area contributed by atoms with Crippen molar-refractivity contribution in [1.82, 2.24) is 24.9 Å². The Labute approximate surface area is 192 Å². The number of nitrogens with one attached hydrogen (secondary N) is 1. The zero-order valence-electron chi connectivity index (χ0n) is 17.8. The number of carbonyl (C=O) groups excluding carboxylic acids is 1. The van der Waals surface area contributed by atoms with Gasteiger partial charge < -0.3 is 19.2 Å². The van der Waals surface area contributed by atoms with Crippen molar-refractivity contribution in [3.63, 3.8) is 0 Å². The number of hydrogen-bond donors (Lipinski definition) is 1. The van der Waals surface area contributed by atoms with E-state index >= 15 is 0 Å². The highest BCUT2D eigenvalue weighted by molar-refractivity contribution is 5.75. The summed E-state index contributed by atoms with van der Waals surface area (Å²) in [6, 6.07) is 14.7. The Morgan fingerprint density at radius 1 is 0.912 bits per heavy atom. The van der Waals surface area contributed by atoms with E-state index in [9.17, 15) is 14.4 Å². The average Bonchev–Trinajstić information content (AvgIpc) is 3.53. The van der Waals surface area contributed by atoms with Gasteiger partial charge in [0.25, 0.3) is 11.1 Å². The number of aromatic nitrogens is 4. The molecule has 1 aromatic carbocycles. The molecule has 34 heavy (non-hydrogen) atoms. The van der Waals surface area contributed by atoms with Crippen LogP contribution in [0.1, 0.15) is 0 Å². The summed E-state index contributed by atoms with van der Waals surface area (Å²) in [5.41, 5.74) is 1.02. The summed E-state index contributed by atoms with van der Waals surface area (Å²) < 4.78 is 18.3. The van der Waals surface area contributed by atoms with Crippen LogP contribution in [0.2, 0.25) is 0 Å². The molecule has 0 saturated heterocycles. The Bertz CT molecular complexity index is 1460. The molecule has 0 atom stereocenters. The van der Waals surface area contributed by atoms with Crippen LogP contribution >= 0.6 is 0 Å². The molecular weight excluding hydrogens is 442 g/mol. The summed E-state index contributed by atoms with van der Waals surface area (Å²) >= 11 is 0. The maximum atomic E-state index is 12.4. The first-order valence-corrected chi connectivity index (χ1v) is 10.4. The first kappa shape index (κ1) is 21.2. The molecule has 0 aliphatic carbocycles. The highest BCUT2D eigenvalue weighted by Crippen LogP contribution is 2.35. The van der Waals surface area contributed by atoms with Crippen LogP contribution in [0.4, 0.5) is 0 Å². The van der Waals surface area contributed by atoms with Crippen LogP contribution < -0.4 is 25.9 Å². The Morgan fingerprint density at radius 3 is 2.50 bits per heavy atom. The topological polar surface area (TPSA) is 130 Å². The summed E-state index contributed by atoms with van der Waals surface area (Å²) in [6.45, 7) is 0.176. The van der Waals surface area contributed by atoms with E-state index in [1.807, 2.05) is 0 Å². The molecule has 11 heteroatoms. The molecule has 0 saturated carbocycles. The van der Waals surface area contributed by atoms with Crippen molar-refractivity contribution in [3.8, 4) is 34.2 Å². The molecule has 3 aromatic heterocycles. The van der Waals surface area contributed by atoms with Gasteiger partial charge in [-0.25, -0.2) is 9.36 Å². The van der Waals surface area contributed by atoms with Gasteiger partial charge in [-0.15, -0.1) is 0 Å². The van der Waals surface area contributed by atoms with Crippen LogP contribution in [0.5, 0.6) is 11.5 Å². The molecule has 1 aliphatic heterocycles. The maximum absolute atomic E-state index is 12.4. The first-order valence-electron chi connectivity index (χ1n) is 10.4. The van der Waals surface area contributed by atoms with Crippen LogP contribution in [0.15, 0.2) is 74.9 Å². The van der Waals surface area contributed by atoms with Crippen molar-refractivity contribution in [1.29, 1.82) is 0 Å². The summed E-state index contributed by atoms with van der Waals surface area (Å²) in [5, 5.41) is 11.2. The standard InChI is InChI=1S/C23H19N5O6/c29-21(24-9-10-27-22(30)8-5-17(26-27)18-2-1-11-32-18)13-28-23(31)7-4-16(25-28)15-3-6-19-20(12-15)34-14-33-19/h1-8,11-12H,9-10,13-14H2,(H,24,29). The van der Waals surface area contributed by atoms with Crippen molar-refractivity contribution in [2.24, 2.45) is 0 Å². The van der Waals surface area contributed by atoms with Gasteiger partial charge in [-0.05, 0) is 42.5 Å². The number of furan rings is 1. The third-order valence-corrected chi connectivity index (χ3v) is 5.11. The van der Waals surface area contributed by atoms with Gasteiger partial charge in [-0.2, -0.15) is 10.2 Å². The summed E-state index contributed by atoms with van der Waals surface area (Å²) in [5.74, 6) is 1.34. The lowest BCUT2D eigenvalue weighted by molar-refractivity contribution is -0.121. The molecule has 0 radical (unpaired) electrons. The highest BCUT2D eigenvalue weighted by atomic mass is 16.7. The molecule has 1 amide bonds. The molecule has 0 fully saturated rings. The molecule has 5 rings (SSSR count). The molecule has 0 unspecified atom stereocenters. The largest absolute Gasteiger partial charge is 0.463 e. The SMILES string of the molecule is O=C(Cn1nc(-c2ccc3c(c2)OCO3)ccc1=O)NCCn1nc(-c2ccco2)ccc1=O. The number of fused-ring (bicyclic) bond motifs is 1. The van der Waals surface area contributed by atoms with Crippen LogP contribution in [0.3, 0.4) is 0 Å². The van der Waals surface area contributed by atoms with Crippen molar-refractivity contribution in [2.45, 2.75) is 13.1 Å². The van der Waals surface area contributed by atoms with Gasteiger partial charge >= 0.3 is 0 Å². The Morgan fingerprint density at radius 2 is 1.68 bits per heavy atom. The van der Waals surface area contributed by atoms with E-state index < -0.39 is 11.5 Å². The van der Waals surface area contributed by atoms with E-state index in [0.717, 1.165) is 10.2 Å². The quantitative estimate of drug-likeness (QED) is 0.436. The molecule has 172 valence electrons. The van der Waals surface area contributed by atoms with E-state index in [1.54, 1.807) is 42.5 Å². The normalized spacial score (nSPS) is 12.0.